The average Bonchev–Trinajstić information content (AvgIpc) is 2.57. The molecule has 128 valence electrons. The van der Waals surface area contributed by atoms with E-state index in [4.69, 9.17) is 5.73 Å². The molecule has 1 unspecified atom stereocenters. The predicted molar refractivity (Wildman–Crippen MR) is 95.2 cm³/mol. The fraction of sp³-hybridized carbons (Fsp3) is 0.632. The first-order valence-electron chi connectivity index (χ1n) is 8.80. The van der Waals surface area contributed by atoms with E-state index in [0.29, 0.717) is 12.1 Å². The summed E-state index contributed by atoms with van der Waals surface area (Å²) in [5.74, 6) is 0.696. The number of hydrogen-bond acceptors (Lipinski definition) is 3. The molecule has 1 fully saturated rings. The standard InChI is InChI=1S/C19H31N3O/c1-22(2)18(13-8-15-6-4-3-5-7-15)16-9-11-17(12-10-16)21-19(23)14-20/h3-7,16-18H,8-14,20H2,1-2H3,(H,21,23). The lowest BCUT2D eigenvalue weighted by Crippen LogP contribution is -2.44. The normalized spacial score (nSPS) is 22.8. The molecule has 0 aromatic heterocycles. The summed E-state index contributed by atoms with van der Waals surface area (Å²) in [6.07, 6.45) is 6.85. The van der Waals surface area contributed by atoms with Crippen molar-refractivity contribution in [1.82, 2.24) is 10.2 Å². The number of rotatable bonds is 7. The van der Waals surface area contributed by atoms with Crippen molar-refractivity contribution in [3.63, 3.8) is 0 Å². The molecule has 1 aliphatic rings. The number of nitrogens with one attached hydrogen (secondary N) is 1. The molecule has 3 N–H and O–H groups in total. The first-order valence-corrected chi connectivity index (χ1v) is 8.80. The van der Waals surface area contributed by atoms with E-state index in [0.717, 1.165) is 25.2 Å². The monoisotopic (exact) mass is 317 g/mol. The number of hydrogen-bond donors (Lipinski definition) is 2. The molecule has 1 aromatic carbocycles. The van der Waals surface area contributed by atoms with Gasteiger partial charge in [-0.25, -0.2) is 0 Å². The number of benzene rings is 1. The Kier molecular flexibility index (Phi) is 7.06. The van der Waals surface area contributed by atoms with Crippen LogP contribution >= 0.6 is 0 Å². The molecule has 1 atom stereocenters. The first-order chi connectivity index (χ1) is 11.1. The van der Waals surface area contributed by atoms with Crippen LogP contribution in [-0.2, 0) is 11.2 Å². The van der Waals surface area contributed by atoms with Gasteiger partial charge in [0, 0.05) is 12.1 Å². The fourth-order valence-electron chi connectivity index (χ4n) is 3.81. The Balaban J connectivity index is 1.83. The summed E-state index contributed by atoms with van der Waals surface area (Å²) < 4.78 is 0. The Labute approximate surface area is 140 Å². The van der Waals surface area contributed by atoms with Gasteiger partial charge in [-0.2, -0.15) is 0 Å². The molecule has 0 spiro atoms. The van der Waals surface area contributed by atoms with E-state index in [9.17, 15) is 4.79 Å². The van der Waals surface area contributed by atoms with E-state index >= 15 is 0 Å². The van der Waals surface area contributed by atoms with Gasteiger partial charge in [-0.3, -0.25) is 4.79 Å². The van der Waals surface area contributed by atoms with Gasteiger partial charge in [-0.15, -0.1) is 0 Å². The minimum Gasteiger partial charge on any atom is -0.352 e. The second-order valence-electron chi connectivity index (χ2n) is 6.94. The highest BCUT2D eigenvalue weighted by atomic mass is 16.1. The molecule has 1 saturated carbocycles. The molecule has 23 heavy (non-hydrogen) atoms. The van der Waals surface area contributed by atoms with Gasteiger partial charge in [-0.1, -0.05) is 30.3 Å². The zero-order valence-electron chi connectivity index (χ0n) is 14.5. The van der Waals surface area contributed by atoms with Gasteiger partial charge in [-0.05, 0) is 64.1 Å². The minimum atomic E-state index is -0.0262. The molecule has 0 radical (unpaired) electrons. The molecule has 1 aliphatic carbocycles. The highest BCUT2D eigenvalue weighted by molar-refractivity contribution is 5.78. The van der Waals surface area contributed by atoms with Gasteiger partial charge >= 0.3 is 0 Å². The number of nitrogens with zero attached hydrogens (tertiary/aromatic N) is 1. The Morgan fingerprint density at radius 3 is 2.43 bits per heavy atom. The SMILES string of the molecule is CN(C)C(CCc1ccccc1)C1CCC(NC(=O)CN)CC1. The van der Waals surface area contributed by atoms with E-state index < -0.39 is 0 Å². The van der Waals surface area contributed by atoms with Crippen LogP contribution in [0.5, 0.6) is 0 Å². The van der Waals surface area contributed by atoms with Crippen LogP contribution in [-0.4, -0.2) is 43.5 Å². The topological polar surface area (TPSA) is 58.4 Å². The summed E-state index contributed by atoms with van der Waals surface area (Å²) in [4.78, 5) is 13.8. The summed E-state index contributed by atoms with van der Waals surface area (Å²) in [6, 6.07) is 11.7. The fourth-order valence-corrected chi connectivity index (χ4v) is 3.81. The van der Waals surface area contributed by atoms with Crippen molar-refractivity contribution in [3.05, 3.63) is 35.9 Å². The van der Waals surface area contributed by atoms with Gasteiger partial charge in [0.1, 0.15) is 0 Å². The van der Waals surface area contributed by atoms with E-state index in [1.807, 2.05) is 0 Å². The Morgan fingerprint density at radius 2 is 1.87 bits per heavy atom. The lowest BCUT2D eigenvalue weighted by molar-refractivity contribution is -0.120. The zero-order valence-corrected chi connectivity index (χ0v) is 14.5. The highest BCUT2D eigenvalue weighted by Gasteiger charge is 2.29. The van der Waals surface area contributed by atoms with E-state index in [1.54, 1.807) is 0 Å². The first kappa shape index (κ1) is 18.0. The van der Waals surface area contributed by atoms with Crippen LogP contribution in [0.4, 0.5) is 0 Å². The third kappa shape index (κ3) is 5.63. The van der Waals surface area contributed by atoms with Crippen molar-refractivity contribution in [2.24, 2.45) is 11.7 Å². The number of carbonyl (C=O) groups excluding carboxylic acids is 1. The van der Waals surface area contributed by atoms with E-state index in [2.05, 4.69) is 54.6 Å². The van der Waals surface area contributed by atoms with Crippen molar-refractivity contribution in [3.8, 4) is 0 Å². The summed E-state index contributed by atoms with van der Waals surface area (Å²) in [7, 11) is 4.38. The summed E-state index contributed by atoms with van der Waals surface area (Å²) >= 11 is 0. The predicted octanol–water partition coefficient (Wildman–Crippen LogP) is 2.18. The maximum atomic E-state index is 11.4. The Hall–Kier alpha value is -1.39. The second-order valence-corrected chi connectivity index (χ2v) is 6.94. The smallest absolute Gasteiger partial charge is 0.233 e. The molecular formula is C19H31N3O. The van der Waals surface area contributed by atoms with Crippen LogP contribution in [0.25, 0.3) is 0 Å². The van der Waals surface area contributed by atoms with E-state index in [-0.39, 0.29) is 12.5 Å². The van der Waals surface area contributed by atoms with Gasteiger partial charge in [0.2, 0.25) is 5.91 Å². The number of nitrogens with two attached hydrogens (primary N) is 1. The summed E-state index contributed by atoms with van der Waals surface area (Å²) in [5, 5.41) is 3.04. The third-order valence-corrected chi connectivity index (χ3v) is 5.10. The second kappa shape index (κ2) is 9.04. The van der Waals surface area contributed by atoms with Gasteiger partial charge < -0.3 is 16.0 Å². The molecule has 0 heterocycles. The van der Waals surface area contributed by atoms with Gasteiger partial charge in [0.25, 0.3) is 0 Å². The lowest BCUT2D eigenvalue weighted by atomic mass is 9.79. The van der Waals surface area contributed by atoms with E-state index in [1.165, 1.54) is 24.8 Å². The molecule has 0 saturated heterocycles. The average molecular weight is 317 g/mol. The van der Waals surface area contributed by atoms with Crippen molar-refractivity contribution < 1.29 is 4.79 Å². The van der Waals surface area contributed by atoms with Crippen LogP contribution in [0, 0.1) is 5.92 Å². The van der Waals surface area contributed by atoms with Crippen molar-refractivity contribution in [1.29, 1.82) is 0 Å². The van der Waals surface area contributed by atoms with Crippen molar-refractivity contribution >= 4 is 5.91 Å². The highest BCUT2D eigenvalue weighted by Crippen LogP contribution is 2.30. The molecule has 4 heteroatoms. The largest absolute Gasteiger partial charge is 0.352 e. The molecule has 0 bridgehead atoms. The number of aryl methyl sites for hydroxylation is 1. The summed E-state index contributed by atoms with van der Waals surface area (Å²) in [6.45, 7) is 0.0946. The quantitative estimate of drug-likeness (QED) is 0.810. The van der Waals surface area contributed by atoms with Gasteiger partial charge in [0.05, 0.1) is 6.54 Å². The Bertz CT molecular complexity index is 467. The zero-order chi connectivity index (χ0) is 16.7. The number of amides is 1. The van der Waals surface area contributed by atoms with Crippen LogP contribution < -0.4 is 11.1 Å². The minimum absolute atomic E-state index is 0.0262. The Morgan fingerprint density at radius 1 is 1.22 bits per heavy atom. The van der Waals surface area contributed by atoms with Crippen LogP contribution in [0.1, 0.15) is 37.7 Å². The molecule has 1 aromatic rings. The maximum Gasteiger partial charge on any atom is 0.233 e. The number of carbonyl (C=O) groups is 1. The molecule has 0 aliphatic heterocycles. The van der Waals surface area contributed by atoms with Crippen LogP contribution in [0.3, 0.4) is 0 Å². The molecule has 4 nitrogen and oxygen atoms in total. The van der Waals surface area contributed by atoms with Crippen molar-refractivity contribution in [2.45, 2.75) is 50.6 Å². The lowest BCUT2D eigenvalue weighted by Gasteiger charge is -2.37. The van der Waals surface area contributed by atoms with Crippen LogP contribution in [0.2, 0.25) is 0 Å². The molecule has 1 amide bonds. The molecular weight excluding hydrogens is 286 g/mol. The van der Waals surface area contributed by atoms with Gasteiger partial charge in [0.15, 0.2) is 0 Å². The third-order valence-electron chi connectivity index (χ3n) is 5.10. The molecule has 2 rings (SSSR count). The van der Waals surface area contributed by atoms with Crippen LogP contribution in [0.15, 0.2) is 30.3 Å². The maximum absolute atomic E-state index is 11.4. The summed E-state index contributed by atoms with van der Waals surface area (Å²) in [5.41, 5.74) is 6.80. The van der Waals surface area contributed by atoms with Crippen molar-refractivity contribution in [2.75, 3.05) is 20.6 Å².